The summed E-state index contributed by atoms with van der Waals surface area (Å²) in [5.41, 5.74) is 2.05. The van der Waals surface area contributed by atoms with Gasteiger partial charge in [0.05, 0.1) is 19.3 Å². The van der Waals surface area contributed by atoms with E-state index in [2.05, 4.69) is 17.1 Å². The van der Waals surface area contributed by atoms with Crippen molar-refractivity contribution in [3.63, 3.8) is 0 Å². The van der Waals surface area contributed by atoms with Crippen LogP contribution >= 0.6 is 0 Å². The molecule has 0 amide bonds. The largest absolute Gasteiger partial charge is 0.494 e. The summed E-state index contributed by atoms with van der Waals surface area (Å²) in [6, 6.07) is 14.5. The van der Waals surface area contributed by atoms with Gasteiger partial charge in [0, 0.05) is 11.1 Å². The van der Waals surface area contributed by atoms with Crippen LogP contribution in [0.4, 0.5) is 0 Å². The predicted molar refractivity (Wildman–Crippen MR) is 106 cm³/mol. The second-order valence-corrected chi connectivity index (χ2v) is 6.43. The van der Waals surface area contributed by atoms with Gasteiger partial charge >= 0.3 is 5.97 Å². The SMILES string of the molecule is CCCCCCOc1ccc(-c2noc(-c3ccc(C(=O)OC)cc3)n2)cc1. The molecule has 0 bridgehead atoms. The van der Waals surface area contributed by atoms with Gasteiger partial charge in [0.1, 0.15) is 5.75 Å². The van der Waals surface area contributed by atoms with Crippen molar-refractivity contribution in [3.8, 4) is 28.6 Å². The van der Waals surface area contributed by atoms with Crippen LogP contribution in [0.1, 0.15) is 43.0 Å². The zero-order chi connectivity index (χ0) is 19.8. The highest BCUT2D eigenvalue weighted by Crippen LogP contribution is 2.24. The topological polar surface area (TPSA) is 74.5 Å². The van der Waals surface area contributed by atoms with E-state index >= 15 is 0 Å². The van der Waals surface area contributed by atoms with Gasteiger partial charge in [-0.3, -0.25) is 0 Å². The molecule has 0 aliphatic heterocycles. The van der Waals surface area contributed by atoms with E-state index in [1.807, 2.05) is 24.3 Å². The van der Waals surface area contributed by atoms with Gasteiger partial charge in [-0.15, -0.1) is 0 Å². The molecule has 3 aromatic rings. The van der Waals surface area contributed by atoms with Crippen LogP contribution in [0.5, 0.6) is 5.75 Å². The van der Waals surface area contributed by atoms with Crippen molar-refractivity contribution in [2.45, 2.75) is 32.6 Å². The maximum atomic E-state index is 11.5. The highest BCUT2D eigenvalue weighted by molar-refractivity contribution is 5.89. The minimum absolute atomic E-state index is 0.384. The van der Waals surface area contributed by atoms with Crippen molar-refractivity contribution in [1.29, 1.82) is 0 Å². The molecule has 1 heterocycles. The van der Waals surface area contributed by atoms with Crippen LogP contribution in [0, 0.1) is 0 Å². The third-order valence-electron chi connectivity index (χ3n) is 4.36. The molecule has 0 spiro atoms. The first kappa shape index (κ1) is 19.6. The minimum atomic E-state index is -0.384. The van der Waals surface area contributed by atoms with E-state index in [-0.39, 0.29) is 5.97 Å². The van der Waals surface area contributed by atoms with Gasteiger partial charge in [0.15, 0.2) is 0 Å². The molecule has 6 nitrogen and oxygen atoms in total. The van der Waals surface area contributed by atoms with Crippen LogP contribution in [0.15, 0.2) is 53.1 Å². The van der Waals surface area contributed by atoms with Crippen molar-refractivity contribution < 1.29 is 18.8 Å². The molecule has 146 valence electrons. The van der Waals surface area contributed by atoms with E-state index < -0.39 is 0 Å². The number of carbonyl (C=O) groups excluding carboxylic acids is 1. The van der Waals surface area contributed by atoms with E-state index in [1.54, 1.807) is 24.3 Å². The maximum absolute atomic E-state index is 11.5. The molecule has 1 aromatic heterocycles. The molecule has 0 radical (unpaired) electrons. The van der Waals surface area contributed by atoms with Crippen LogP contribution < -0.4 is 4.74 Å². The lowest BCUT2D eigenvalue weighted by molar-refractivity contribution is 0.0600. The van der Waals surface area contributed by atoms with Gasteiger partial charge in [-0.2, -0.15) is 4.98 Å². The molecular formula is C22H24N2O4. The predicted octanol–water partition coefficient (Wildman–Crippen LogP) is 5.15. The molecule has 0 aliphatic carbocycles. The molecular weight excluding hydrogens is 356 g/mol. The van der Waals surface area contributed by atoms with E-state index in [1.165, 1.54) is 26.4 Å². The first-order valence-corrected chi connectivity index (χ1v) is 9.47. The Kier molecular flexibility index (Phi) is 6.78. The fraction of sp³-hybridized carbons (Fsp3) is 0.318. The summed E-state index contributed by atoms with van der Waals surface area (Å²) < 4.78 is 15.8. The molecule has 28 heavy (non-hydrogen) atoms. The van der Waals surface area contributed by atoms with Crippen LogP contribution in [0.3, 0.4) is 0 Å². The summed E-state index contributed by atoms with van der Waals surface area (Å²) in [5, 5.41) is 4.04. The van der Waals surface area contributed by atoms with Gasteiger partial charge in [-0.05, 0) is 55.0 Å². The zero-order valence-electron chi connectivity index (χ0n) is 16.2. The van der Waals surface area contributed by atoms with Crippen molar-refractivity contribution >= 4 is 5.97 Å². The van der Waals surface area contributed by atoms with Crippen LogP contribution in [0.2, 0.25) is 0 Å². The van der Waals surface area contributed by atoms with E-state index in [4.69, 9.17) is 14.0 Å². The van der Waals surface area contributed by atoms with Gasteiger partial charge in [-0.1, -0.05) is 31.3 Å². The number of ether oxygens (including phenoxy) is 2. The number of esters is 1. The van der Waals surface area contributed by atoms with Gasteiger partial charge in [0.25, 0.3) is 5.89 Å². The van der Waals surface area contributed by atoms with Crippen molar-refractivity contribution in [2.75, 3.05) is 13.7 Å². The fourth-order valence-electron chi connectivity index (χ4n) is 2.74. The summed E-state index contributed by atoms with van der Waals surface area (Å²) in [5.74, 6) is 1.34. The average Bonchev–Trinajstić information content (AvgIpc) is 3.24. The molecule has 0 saturated carbocycles. The lowest BCUT2D eigenvalue weighted by atomic mass is 10.1. The lowest BCUT2D eigenvalue weighted by Crippen LogP contribution is -2.00. The number of carbonyl (C=O) groups is 1. The molecule has 0 saturated heterocycles. The number of unbranched alkanes of at least 4 members (excludes halogenated alkanes) is 3. The number of benzene rings is 2. The van der Waals surface area contributed by atoms with Crippen LogP contribution in [-0.2, 0) is 4.74 Å². The summed E-state index contributed by atoms with van der Waals surface area (Å²) in [6.07, 6.45) is 4.73. The number of hydrogen-bond donors (Lipinski definition) is 0. The Morgan fingerprint density at radius 1 is 0.964 bits per heavy atom. The molecule has 0 N–H and O–H groups in total. The molecule has 0 fully saturated rings. The third kappa shape index (κ3) is 4.97. The Bertz CT molecular complexity index is 886. The number of methoxy groups -OCH3 is 1. The summed E-state index contributed by atoms with van der Waals surface area (Å²) in [6.45, 7) is 2.92. The Morgan fingerprint density at radius 2 is 1.68 bits per heavy atom. The summed E-state index contributed by atoms with van der Waals surface area (Å²) >= 11 is 0. The highest BCUT2D eigenvalue weighted by atomic mass is 16.5. The molecule has 0 unspecified atom stereocenters. The van der Waals surface area contributed by atoms with Crippen LogP contribution in [0.25, 0.3) is 22.8 Å². The third-order valence-corrected chi connectivity index (χ3v) is 4.36. The van der Waals surface area contributed by atoms with E-state index in [9.17, 15) is 4.79 Å². The molecule has 0 atom stereocenters. The Hall–Kier alpha value is -3.15. The number of nitrogens with zero attached hydrogens (tertiary/aromatic N) is 2. The highest BCUT2D eigenvalue weighted by Gasteiger charge is 2.12. The zero-order valence-corrected chi connectivity index (χ0v) is 16.2. The lowest BCUT2D eigenvalue weighted by Gasteiger charge is -2.06. The van der Waals surface area contributed by atoms with Crippen molar-refractivity contribution in [2.24, 2.45) is 0 Å². The average molecular weight is 380 g/mol. The second kappa shape index (κ2) is 9.69. The quantitative estimate of drug-likeness (QED) is 0.377. The van der Waals surface area contributed by atoms with Gasteiger partial charge in [-0.25, -0.2) is 4.79 Å². The fourth-order valence-corrected chi connectivity index (χ4v) is 2.74. The molecule has 0 aliphatic rings. The number of aromatic nitrogens is 2. The second-order valence-electron chi connectivity index (χ2n) is 6.43. The standard InChI is InChI=1S/C22H24N2O4/c1-3-4-5-6-15-27-19-13-11-16(12-14-19)20-23-21(28-24-20)17-7-9-18(10-8-17)22(25)26-2/h7-14H,3-6,15H2,1-2H3. The van der Waals surface area contributed by atoms with E-state index in [0.717, 1.165) is 29.9 Å². The monoisotopic (exact) mass is 380 g/mol. The summed E-state index contributed by atoms with van der Waals surface area (Å²) in [4.78, 5) is 15.9. The summed E-state index contributed by atoms with van der Waals surface area (Å²) in [7, 11) is 1.35. The molecule has 3 rings (SSSR count). The molecule has 2 aromatic carbocycles. The van der Waals surface area contributed by atoms with Crippen LogP contribution in [-0.4, -0.2) is 29.8 Å². The minimum Gasteiger partial charge on any atom is -0.494 e. The van der Waals surface area contributed by atoms with Crippen molar-refractivity contribution in [1.82, 2.24) is 10.1 Å². The first-order valence-electron chi connectivity index (χ1n) is 9.47. The Labute approximate surface area is 164 Å². The Balaban J connectivity index is 1.62. The normalized spacial score (nSPS) is 10.6. The van der Waals surface area contributed by atoms with Gasteiger partial charge in [0.2, 0.25) is 5.82 Å². The smallest absolute Gasteiger partial charge is 0.337 e. The Morgan fingerprint density at radius 3 is 2.36 bits per heavy atom. The maximum Gasteiger partial charge on any atom is 0.337 e. The number of rotatable bonds is 9. The first-order chi connectivity index (χ1) is 13.7. The molecule has 6 heteroatoms. The van der Waals surface area contributed by atoms with Crippen molar-refractivity contribution in [3.05, 3.63) is 54.1 Å². The van der Waals surface area contributed by atoms with E-state index in [0.29, 0.717) is 17.3 Å². The van der Waals surface area contributed by atoms with Gasteiger partial charge < -0.3 is 14.0 Å². The number of hydrogen-bond acceptors (Lipinski definition) is 6.